The van der Waals surface area contributed by atoms with Gasteiger partial charge in [-0.3, -0.25) is 0 Å². The molecule has 0 radical (unpaired) electrons. The highest BCUT2D eigenvalue weighted by Crippen LogP contribution is 2.43. The largest absolute Gasteiger partial charge is 0.744 e. The van der Waals surface area contributed by atoms with Gasteiger partial charge in [0.15, 0.2) is 5.11 Å². The molecule has 6 aromatic carbocycles. The molecule has 9 rings (SSSR count). The lowest BCUT2D eigenvalue weighted by molar-refractivity contribution is -0.191. The molecule has 6 N–H and O–H groups in total. The minimum atomic E-state index is -5.28. The minimum absolute atomic E-state index is 0.0210. The third kappa shape index (κ3) is 11.8. The highest BCUT2D eigenvalue weighted by Gasteiger charge is 2.25. The van der Waals surface area contributed by atoms with E-state index < -0.39 is 93.7 Å². The number of fused-ring (bicyclic) bond motifs is 10. The summed E-state index contributed by atoms with van der Waals surface area (Å²) in [5.41, 5.74) is 3.23. The Balaban J connectivity index is 0.00000255. The van der Waals surface area contributed by atoms with Crippen LogP contribution in [0.15, 0.2) is 128 Å². The molecule has 3 aliphatic rings. The molecule has 2 aliphatic carbocycles. The van der Waals surface area contributed by atoms with E-state index in [4.69, 9.17) is 26.2 Å². The third-order valence-corrected chi connectivity index (χ3v) is 15.4. The molecule has 0 saturated carbocycles. The molecule has 8 bridgehead atoms. The van der Waals surface area contributed by atoms with Crippen LogP contribution in [-0.2, 0) is 65.6 Å². The molecule has 20 nitrogen and oxygen atoms in total. The van der Waals surface area contributed by atoms with E-state index in [2.05, 4.69) is 10.6 Å². The summed E-state index contributed by atoms with van der Waals surface area (Å²) in [6.07, 6.45) is -2.11. The molecule has 0 amide bonds. The Hall–Kier alpha value is -8.19. The Morgan fingerprint density at radius 1 is 0.571 bits per heavy atom. The smallest absolute Gasteiger partial charge is 0.373 e. The van der Waals surface area contributed by atoms with Crippen molar-refractivity contribution in [1.29, 1.82) is 0 Å². The van der Waals surface area contributed by atoms with Crippen LogP contribution < -0.4 is 25.5 Å². The van der Waals surface area contributed by atoms with Crippen LogP contribution in [0, 0.1) is 0 Å². The van der Waals surface area contributed by atoms with Crippen molar-refractivity contribution in [3.8, 4) is 45.4 Å². The SMILES string of the molecule is CN(C)c1ccc2c(-c3ccc(NC(=S)Nc4cc5c(O)c(c4)Cc4cc(S(=O)(=O)[O-])cc(c4O)Cc4cc(S(=O)(=O)[O-])cc(c4O)Cc4cc(S(=O)(=O)[O-])cc(c4O)C5)cc3)c3ccc(=[N+](C)C)cc-3oc2c1.O=C=O. The van der Waals surface area contributed by atoms with Gasteiger partial charge in [-0.1, -0.05) is 12.1 Å². The maximum atomic E-state index is 12.5. The number of phenols is 4. The van der Waals surface area contributed by atoms with Gasteiger partial charge in [0.2, 0.25) is 5.36 Å². The molecule has 0 atom stereocenters. The molecule has 0 spiro atoms. The number of anilines is 3. The Morgan fingerprint density at radius 3 is 1.34 bits per heavy atom. The number of nitrogens with zero attached hydrogens (tertiary/aromatic N) is 2. The fourth-order valence-electron chi connectivity index (χ4n) is 9.10. The fraction of sp³-hybridized carbons (Fsp3) is 0.151. The van der Waals surface area contributed by atoms with E-state index >= 15 is 0 Å². The zero-order valence-corrected chi connectivity index (χ0v) is 44.2. The molecule has 0 fully saturated rings. The quantitative estimate of drug-likeness (QED) is 0.0364. The average Bonchev–Trinajstić information content (AvgIpc) is 3.34. The zero-order chi connectivity index (χ0) is 56.1. The van der Waals surface area contributed by atoms with Crippen molar-refractivity contribution in [2.24, 2.45) is 0 Å². The molecule has 1 aliphatic heterocycles. The molecule has 77 heavy (non-hydrogen) atoms. The number of thiocarbonyl (C=S) groups is 1. The van der Waals surface area contributed by atoms with Gasteiger partial charge in [0, 0.05) is 96.6 Å². The zero-order valence-electron chi connectivity index (χ0n) is 40.9. The van der Waals surface area contributed by atoms with Gasteiger partial charge in [-0.05, 0) is 130 Å². The second kappa shape index (κ2) is 21.1. The van der Waals surface area contributed by atoms with Gasteiger partial charge in [-0.2, -0.15) is 9.59 Å². The van der Waals surface area contributed by atoms with Crippen molar-refractivity contribution in [3.63, 3.8) is 0 Å². The van der Waals surface area contributed by atoms with Crippen LogP contribution in [0.2, 0.25) is 0 Å². The number of benzene rings is 7. The van der Waals surface area contributed by atoms with E-state index in [9.17, 15) is 59.3 Å². The highest BCUT2D eigenvalue weighted by molar-refractivity contribution is 7.86. The highest BCUT2D eigenvalue weighted by atomic mass is 32.2. The first-order valence-electron chi connectivity index (χ1n) is 22.8. The maximum Gasteiger partial charge on any atom is 0.373 e. The lowest BCUT2D eigenvalue weighted by atomic mass is 9.91. The van der Waals surface area contributed by atoms with Crippen LogP contribution in [0.5, 0.6) is 23.0 Å². The fourth-order valence-corrected chi connectivity index (χ4v) is 11.1. The predicted molar refractivity (Wildman–Crippen MR) is 282 cm³/mol. The normalized spacial score (nSPS) is 12.5. The van der Waals surface area contributed by atoms with Gasteiger partial charge in [0.25, 0.3) is 0 Å². The number of rotatable bonds is 7. The molecule has 398 valence electrons. The summed E-state index contributed by atoms with van der Waals surface area (Å²) < 4.78 is 121. The van der Waals surface area contributed by atoms with Crippen molar-refractivity contribution >= 4 is 81.9 Å². The molecular weight excluding hydrogens is 1080 g/mol. The van der Waals surface area contributed by atoms with E-state index in [1.807, 2.05) is 98.3 Å². The maximum absolute atomic E-state index is 12.5. The van der Waals surface area contributed by atoms with Gasteiger partial charge in [-0.15, -0.1) is 0 Å². The number of aromatic hydroxyl groups is 4. The van der Waals surface area contributed by atoms with Gasteiger partial charge < -0.3 is 54.0 Å². The Bertz CT molecular complexity index is 4030. The van der Waals surface area contributed by atoms with Crippen molar-refractivity contribution in [1.82, 2.24) is 4.58 Å². The van der Waals surface area contributed by atoms with Crippen molar-refractivity contribution in [2.45, 2.75) is 40.4 Å². The van der Waals surface area contributed by atoms with E-state index in [0.29, 0.717) is 17.0 Å². The Kier molecular flexibility index (Phi) is 15.1. The van der Waals surface area contributed by atoms with Gasteiger partial charge >= 0.3 is 6.15 Å². The van der Waals surface area contributed by atoms with Crippen LogP contribution in [0.1, 0.15) is 44.5 Å². The number of hydrogen-bond acceptors (Lipinski definition) is 18. The Labute approximate surface area is 446 Å². The molecule has 24 heteroatoms. The summed E-state index contributed by atoms with van der Waals surface area (Å²) >= 11 is 5.76. The second-order valence-electron chi connectivity index (χ2n) is 18.3. The molecular formula is C53H44N4O16S4-2. The monoisotopic (exact) mass is 1120 g/mol. The first kappa shape index (κ1) is 55.1. The standard InChI is InChI=1S/C52H46N4O14S4.CO2/c1-55(2)38-9-11-43-45(25-38)70-46-26-39(56(3)4)10-12-44(46)47(43)27-5-7-36(8-6-27)53-52(71)54-37-17-28-13-30-19-40(72(61,62)63)21-32(49(30)58)15-34-23-42(74(67,68)69)24-35(51(34)60)16-33-22-41(73(64,65)66)20-31(50(33)59)14-29(18-37)48(28)57;2-1-3/h5-12,17-26H,13-16H2,1-4H3,(H8,54,57,58,59,60,61,62,63,64,65,66,67,68,69,71);/p-2. The Morgan fingerprint density at radius 2 is 0.961 bits per heavy atom. The summed E-state index contributed by atoms with van der Waals surface area (Å²) in [6.45, 7) is 0. The molecule has 6 aromatic rings. The lowest BCUT2D eigenvalue weighted by Gasteiger charge is -2.21. The van der Waals surface area contributed by atoms with Gasteiger partial charge in [-0.25, -0.2) is 29.8 Å². The summed E-state index contributed by atoms with van der Waals surface area (Å²) in [5.74, 6) is -1.73. The third-order valence-electron chi connectivity index (χ3n) is 12.8. The van der Waals surface area contributed by atoms with Crippen LogP contribution in [-0.4, -0.2) is 98.8 Å². The van der Waals surface area contributed by atoms with Gasteiger partial charge in [0.05, 0.1) is 20.8 Å². The summed E-state index contributed by atoms with van der Waals surface area (Å²) in [4.78, 5) is 15.7. The van der Waals surface area contributed by atoms with Gasteiger partial charge in [0.1, 0.15) is 78.8 Å². The van der Waals surface area contributed by atoms with Crippen molar-refractivity contribution in [2.75, 3.05) is 43.7 Å². The van der Waals surface area contributed by atoms with Crippen LogP contribution in [0.4, 0.5) is 17.1 Å². The van der Waals surface area contributed by atoms with E-state index in [0.717, 1.165) is 69.5 Å². The van der Waals surface area contributed by atoms with Crippen LogP contribution >= 0.6 is 12.2 Å². The summed E-state index contributed by atoms with van der Waals surface area (Å²) in [5, 5.41) is 54.8. The van der Waals surface area contributed by atoms with Crippen LogP contribution in [0.25, 0.3) is 33.4 Å². The number of hydrogen-bond donors (Lipinski definition) is 6. The van der Waals surface area contributed by atoms with E-state index in [1.165, 1.54) is 12.1 Å². The number of carbonyl (C=O) groups excluding carboxylic acids is 2. The second-order valence-corrected chi connectivity index (χ2v) is 22.9. The molecule has 0 saturated heterocycles. The molecule has 0 unspecified atom stereocenters. The topological polar surface area (TPSA) is 330 Å². The lowest BCUT2D eigenvalue weighted by Crippen LogP contribution is -2.21. The first-order valence-corrected chi connectivity index (χ1v) is 27.4. The van der Waals surface area contributed by atoms with E-state index in [1.54, 1.807) is 0 Å². The summed E-state index contributed by atoms with van der Waals surface area (Å²) in [7, 11) is -8.00. The molecule has 1 heterocycles. The average molecular weight is 1120 g/mol. The van der Waals surface area contributed by atoms with Crippen molar-refractivity contribution < 1.29 is 73.3 Å². The van der Waals surface area contributed by atoms with Crippen LogP contribution in [0.3, 0.4) is 0 Å². The molecule has 0 aromatic heterocycles. The summed E-state index contributed by atoms with van der Waals surface area (Å²) in [6, 6.07) is 27.2. The van der Waals surface area contributed by atoms with E-state index in [-0.39, 0.29) is 61.5 Å². The predicted octanol–water partition coefficient (Wildman–Crippen LogP) is 5.74. The minimum Gasteiger partial charge on any atom is -0.744 e. The first-order chi connectivity index (χ1) is 36.1. The van der Waals surface area contributed by atoms with Crippen molar-refractivity contribution in [3.05, 3.63) is 159 Å². The number of nitrogens with one attached hydrogen (secondary N) is 2. The number of phenolic OH excluding ortho intramolecular Hbond substituents is 4.